The molecule has 0 atom stereocenters. The van der Waals surface area contributed by atoms with Gasteiger partial charge in [-0.15, -0.1) is 0 Å². The number of pyridine rings is 1. The number of nitrogens with zero attached hydrogens (tertiary/aromatic N) is 6. The molecule has 2 amide bonds. The number of hydrogen-bond acceptors (Lipinski definition) is 10. The van der Waals surface area contributed by atoms with Crippen LogP contribution in [0.2, 0.25) is 10.0 Å². The summed E-state index contributed by atoms with van der Waals surface area (Å²) in [4.78, 5) is 53.9. The molecule has 0 bridgehead atoms. The molecule has 5 rings (SSSR count). The van der Waals surface area contributed by atoms with Crippen molar-refractivity contribution in [3.8, 4) is 22.9 Å². The first-order valence-corrected chi connectivity index (χ1v) is 16.1. The van der Waals surface area contributed by atoms with E-state index < -0.39 is 12.6 Å². The largest absolute Gasteiger partial charge is 0.480 e. The first-order valence-electron chi connectivity index (χ1n) is 15.4. The van der Waals surface area contributed by atoms with Crippen molar-refractivity contribution < 1.29 is 29.0 Å². The van der Waals surface area contributed by atoms with Crippen LogP contribution in [0.25, 0.3) is 11.3 Å². The molecule has 4 heterocycles. The number of halogens is 2. The number of likely N-dealkylation sites (tertiary alicyclic amines) is 1. The summed E-state index contributed by atoms with van der Waals surface area (Å²) in [5, 5.41) is 12.6. The molecule has 250 valence electrons. The third-order valence-corrected chi connectivity index (χ3v) is 8.41. The molecule has 3 aromatic rings. The molecule has 2 aliphatic heterocycles. The van der Waals surface area contributed by atoms with Crippen LogP contribution in [-0.4, -0.2) is 107 Å². The molecule has 0 unspecified atom stereocenters. The maximum absolute atomic E-state index is 12.3. The first-order chi connectivity index (χ1) is 22.6. The summed E-state index contributed by atoms with van der Waals surface area (Å²) in [6, 6.07) is 9.21. The van der Waals surface area contributed by atoms with Crippen LogP contribution < -0.4 is 15.0 Å². The number of benzene rings is 1. The fourth-order valence-electron chi connectivity index (χ4n) is 5.57. The number of piperazine rings is 1. The van der Waals surface area contributed by atoms with Gasteiger partial charge < -0.3 is 29.7 Å². The van der Waals surface area contributed by atoms with Crippen molar-refractivity contribution in [2.45, 2.75) is 26.3 Å². The quantitative estimate of drug-likeness (QED) is 0.287. The van der Waals surface area contributed by atoms with Crippen LogP contribution in [0, 0.1) is 5.92 Å². The summed E-state index contributed by atoms with van der Waals surface area (Å²) in [6.07, 6.45) is 5.18. The van der Waals surface area contributed by atoms with Gasteiger partial charge in [-0.1, -0.05) is 23.2 Å². The number of anilines is 1. The molecule has 47 heavy (non-hydrogen) atoms. The Morgan fingerprint density at radius 2 is 1.62 bits per heavy atom. The summed E-state index contributed by atoms with van der Waals surface area (Å²) in [7, 11) is 0. The summed E-state index contributed by atoms with van der Waals surface area (Å²) in [5.74, 6) is 0.393. The predicted octanol–water partition coefficient (Wildman–Crippen LogP) is 3.74. The number of carboxylic acid groups (broad SMARTS) is 1. The first kappa shape index (κ1) is 34.3. The van der Waals surface area contributed by atoms with Crippen LogP contribution >= 0.6 is 23.2 Å². The summed E-state index contributed by atoms with van der Waals surface area (Å²) in [5.41, 5.74) is 2.45. The van der Waals surface area contributed by atoms with E-state index in [4.69, 9.17) is 42.8 Å². The highest BCUT2D eigenvalue weighted by atomic mass is 35.5. The third-order valence-electron chi connectivity index (χ3n) is 7.98. The van der Waals surface area contributed by atoms with Gasteiger partial charge >= 0.3 is 5.97 Å². The highest BCUT2D eigenvalue weighted by molar-refractivity contribution is 6.35. The van der Waals surface area contributed by atoms with Gasteiger partial charge in [0.05, 0.1) is 18.1 Å². The molecule has 1 aromatic carbocycles. The average Bonchev–Trinajstić information content (AvgIpc) is 3.04. The number of carbonyl (C=O) groups excluding carboxylic acids is 2. The van der Waals surface area contributed by atoms with E-state index >= 15 is 0 Å². The highest BCUT2D eigenvalue weighted by Gasteiger charge is 2.23. The predicted molar refractivity (Wildman–Crippen MR) is 176 cm³/mol. The third kappa shape index (κ3) is 10.2. The number of aliphatic carboxylic acids is 1. The van der Waals surface area contributed by atoms with Crippen LogP contribution in [0.15, 0.2) is 42.7 Å². The molecule has 0 radical (unpaired) electrons. The number of piperidine rings is 1. The second-order valence-electron chi connectivity index (χ2n) is 11.6. The van der Waals surface area contributed by atoms with E-state index in [1.54, 1.807) is 30.3 Å². The van der Waals surface area contributed by atoms with Gasteiger partial charge in [0.2, 0.25) is 23.6 Å². The van der Waals surface area contributed by atoms with Crippen LogP contribution in [0.4, 0.5) is 5.95 Å². The Kier molecular flexibility index (Phi) is 11.8. The maximum atomic E-state index is 12.3. The molecule has 2 N–H and O–H groups in total. The SMILES string of the molecule is CC(=O)NCC1CCN(Cc2cc(Oc3cnc(N4CCN(C(=O)COCC(=O)O)CC4)nc3)nc(-c3cc(Cl)cc(Cl)c3)c2)CC1. The molecule has 15 heteroatoms. The summed E-state index contributed by atoms with van der Waals surface area (Å²) < 4.78 is 11.1. The lowest BCUT2D eigenvalue weighted by atomic mass is 9.96. The van der Waals surface area contributed by atoms with E-state index in [1.807, 2.05) is 29.2 Å². The molecule has 2 fully saturated rings. The standard InChI is InChI=1S/C32H37Cl2N7O6/c1-21(42)35-15-22-2-4-39(5-3-22)18-23-10-28(24-12-25(33)14-26(34)13-24)38-29(11-23)47-27-16-36-32(37-17-27)41-8-6-40(7-9-41)30(43)19-46-20-31(44)45/h10-14,16-17,22H,2-9,15,18-20H2,1H3,(H,35,42)(H,44,45). The summed E-state index contributed by atoms with van der Waals surface area (Å²) in [6.45, 7) is 5.92. The van der Waals surface area contributed by atoms with E-state index in [9.17, 15) is 14.4 Å². The molecule has 2 aliphatic rings. The van der Waals surface area contributed by atoms with E-state index in [-0.39, 0.29) is 18.4 Å². The van der Waals surface area contributed by atoms with Crippen molar-refractivity contribution in [2.75, 3.05) is 63.9 Å². The minimum absolute atomic E-state index is 0.000162. The van der Waals surface area contributed by atoms with Gasteiger partial charge in [0.1, 0.15) is 13.2 Å². The second kappa shape index (κ2) is 16.2. The molecular weight excluding hydrogens is 649 g/mol. The number of ether oxygens (including phenoxy) is 2. The second-order valence-corrected chi connectivity index (χ2v) is 12.5. The lowest BCUT2D eigenvalue weighted by Gasteiger charge is -2.34. The molecule has 13 nitrogen and oxygen atoms in total. The number of amides is 2. The molecule has 0 saturated carbocycles. The van der Waals surface area contributed by atoms with Gasteiger partial charge in [-0.3, -0.25) is 14.5 Å². The molecule has 2 aromatic heterocycles. The number of carbonyl (C=O) groups is 3. The van der Waals surface area contributed by atoms with Crippen molar-refractivity contribution in [3.63, 3.8) is 0 Å². The van der Waals surface area contributed by atoms with Crippen molar-refractivity contribution in [1.82, 2.24) is 30.1 Å². The average molecular weight is 687 g/mol. The minimum Gasteiger partial charge on any atom is -0.480 e. The summed E-state index contributed by atoms with van der Waals surface area (Å²) >= 11 is 12.6. The fourth-order valence-corrected chi connectivity index (χ4v) is 6.09. The van der Waals surface area contributed by atoms with Gasteiger partial charge in [-0.05, 0) is 61.7 Å². The minimum atomic E-state index is -1.12. The monoisotopic (exact) mass is 685 g/mol. The lowest BCUT2D eigenvalue weighted by Crippen LogP contribution is -2.50. The normalized spacial score (nSPS) is 15.8. The van der Waals surface area contributed by atoms with Gasteiger partial charge in [0, 0.05) is 67.9 Å². The Bertz CT molecular complexity index is 1540. The number of aromatic nitrogens is 3. The zero-order chi connectivity index (χ0) is 33.3. The number of rotatable bonds is 12. The molecule has 0 spiro atoms. The molecule has 2 saturated heterocycles. The van der Waals surface area contributed by atoms with Gasteiger partial charge in [-0.2, -0.15) is 0 Å². The van der Waals surface area contributed by atoms with Crippen LogP contribution in [0.1, 0.15) is 25.3 Å². The fraction of sp³-hybridized carbons (Fsp3) is 0.438. The van der Waals surface area contributed by atoms with E-state index in [2.05, 4.69) is 20.2 Å². The molecular formula is C32H37Cl2N7O6. The van der Waals surface area contributed by atoms with E-state index in [1.165, 1.54) is 0 Å². The topological polar surface area (TPSA) is 150 Å². The number of carboxylic acids is 1. The van der Waals surface area contributed by atoms with Crippen molar-refractivity contribution in [1.29, 1.82) is 0 Å². The van der Waals surface area contributed by atoms with E-state index in [0.29, 0.717) is 78.5 Å². The van der Waals surface area contributed by atoms with Crippen LogP contribution in [0.5, 0.6) is 11.6 Å². The number of nitrogens with one attached hydrogen (secondary N) is 1. The van der Waals surface area contributed by atoms with Crippen molar-refractivity contribution >= 4 is 46.9 Å². The van der Waals surface area contributed by atoms with Gasteiger partial charge in [0.25, 0.3) is 0 Å². The van der Waals surface area contributed by atoms with Crippen LogP contribution in [-0.2, 0) is 25.7 Å². The van der Waals surface area contributed by atoms with Crippen molar-refractivity contribution in [2.24, 2.45) is 5.92 Å². The zero-order valence-corrected chi connectivity index (χ0v) is 27.5. The number of hydrogen-bond donors (Lipinski definition) is 2. The van der Waals surface area contributed by atoms with Gasteiger partial charge in [-0.25, -0.2) is 19.7 Å². The Morgan fingerprint density at radius 3 is 2.26 bits per heavy atom. The molecule has 0 aliphatic carbocycles. The Morgan fingerprint density at radius 1 is 0.936 bits per heavy atom. The van der Waals surface area contributed by atoms with Crippen LogP contribution in [0.3, 0.4) is 0 Å². The maximum Gasteiger partial charge on any atom is 0.329 e. The van der Waals surface area contributed by atoms with E-state index in [0.717, 1.165) is 37.1 Å². The Labute approximate surface area is 282 Å². The smallest absolute Gasteiger partial charge is 0.329 e. The Hall–Kier alpha value is -4.04. The van der Waals surface area contributed by atoms with Gasteiger partial charge in [0.15, 0.2) is 5.75 Å². The highest BCUT2D eigenvalue weighted by Crippen LogP contribution is 2.31. The zero-order valence-electron chi connectivity index (χ0n) is 26.0. The Balaban J connectivity index is 1.24. The van der Waals surface area contributed by atoms with Crippen molar-refractivity contribution in [3.05, 3.63) is 58.3 Å². The lowest BCUT2D eigenvalue weighted by molar-refractivity contribution is -0.146.